The lowest BCUT2D eigenvalue weighted by Gasteiger charge is -2.40. The van der Waals surface area contributed by atoms with Crippen LogP contribution >= 0.6 is 0 Å². The van der Waals surface area contributed by atoms with Gasteiger partial charge in [-0.05, 0) is 99.9 Å². The number of aromatic nitrogens is 2. The molecule has 2 aliphatic heterocycles. The summed E-state index contributed by atoms with van der Waals surface area (Å²) in [6.45, 7) is 5.78. The molecule has 232 valence electrons. The zero-order chi connectivity index (χ0) is 30.8. The van der Waals surface area contributed by atoms with Gasteiger partial charge in [0.05, 0.1) is 25.4 Å². The van der Waals surface area contributed by atoms with Gasteiger partial charge in [-0.15, -0.1) is 0 Å². The van der Waals surface area contributed by atoms with Crippen molar-refractivity contribution in [2.45, 2.75) is 44.7 Å². The summed E-state index contributed by atoms with van der Waals surface area (Å²) < 4.78 is 11.0. The number of benzene rings is 3. The first-order valence-corrected chi connectivity index (χ1v) is 16.1. The first-order chi connectivity index (χ1) is 22.1. The van der Waals surface area contributed by atoms with Crippen molar-refractivity contribution in [1.82, 2.24) is 19.8 Å². The Balaban J connectivity index is 1.09. The molecule has 3 aromatic carbocycles. The summed E-state index contributed by atoms with van der Waals surface area (Å²) in [7, 11) is 3.23. The van der Waals surface area contributed by atoms with Gasteiger partial charge in [0.2, 0.25) is 0 Å². The highest BCUT2D eigenvalue weighted by Gasteiger charge is 2.25. The standard InChI is InChI=1S/C37H41N5O3/c1-44-33-15-12-26(22-34(33)45-2)35-36-30(29-8-4-5-9-31(29)39-36)23-32(40-35)37(43)38-27-13-10-25(11-14-27)24-41-20-16-28(17-21-41)42-18-6-3-7-19-42/h4-5,8-15,22-23,28,39H,3,6-7,16-21,24H2,1-2H3,(H,38,43). The molecule has 0 unspecified atom stereocenters. The van der Waals surface area contributed by atoms with E-state index in [0.29, 0.717) is 22.9 Å². The molecule has 0 radical (unpaired) electrons. The summed E-state index contributed by atoms with van der Waals surface area (Å²) in [5.74, 6) is 0.979. The monoisotopic (exact) mass is 603 g/mol. The van der Waals surface area contributed by atoms with E-state index in [2.05, 4.69) is 38.3 Å². The van der Waals surface area contributed by atoms with Crippen molar-refractivity contribution in [3.8, 4) is 22.8 Å². The third-order valence-electron chi connectivity index (χ3n) is 9.47. The number of carbonyl (C=O) groups is 1. The van der Waals surface area contributed by atoms with Crippen LogP contribution in [0, 0.1) is 0 Å². The molecule has 0 spiro atoms. The maximum absolute atomic E-state index is 13.6. The van der Waals surface area contributed by atoms with Gasteiger partial charge in [-0.3, -0.25) is 9.69 Å². The summed E-state index contributed by atoms with van der Waals surface area (Å²) in [6.07, 6.45) is 6.62. The molecule has 0 aliphatic carbocycles. The Morgan fingerprint density at radius 3 is 2.38 bits per heavy atom. The lowest BCUT2D eigenvalue weighted by Crippen LogP contribution is -2.46. The van der Waals surface area contributed by atoms with Crippen molar-refractivity contribution < 1.29 is 14.3 Å². The average molecular weight is 604 g/mol. The molecule has 2 fully saturated rings. The van der Waals surface area contributed by atoms with Gasteiger partial charge in [-0.2, -0.15) is 0 Å². The molecular weight excluding hydrogens is 562 g/mol. The summed E-state index contributed by atoms with van der Waals surface area (Å²) in [5.41, 5.74) is 5.71. The molecule has 2 saturated heterocycles. The van der Waals surface area contributed by atoms with Crippen LogP contribution in [0.15, 0.2) is 72.8 Å². The minimum Gasteiger partial charge on any atom is -0.493 e. The van der Waals surface area contributed by atoms with Gasteiger partial charge in [0.15, 0.2) is 11.5 Å². The number of aromatic amines is 1. The number of likely N-dealkylation sites (tertiary alicyclic amines) is 2. The number of carbonyl (C=O) groups excluding carboxylic acids is 1. The van der Waals surface area contributed by atoms with Gasteiger partial charge >= 0.3 is 0 Å². The van der Waals surface area contributed by atoms with E-state index in [9.17, 15) is 4.79 Å². The van der Waals surface area contributed by atoms with E-state index in [1.165, 1.54) is 50.8 Å². The SMILES string of the molecule is COc1ccc(-c2nc(C(=O)Nc3ccc(CN4CCC(N5CCCCC5)CC4)cc3)cc3c2[nH]c2ccccc23)cc1OC. The second-order valence-electron chi connectivity index (χ2n) is 12.3. The highest BCUT2D eigenvalue weighted by Crippen LogP contribution is 2.37. The third kappa shape index (κ3) is 6.13. The first kappa shape index (κ1) is 29.3. The van der Waals surface area contributed by atoms with Gasteiger partial charge in [0.1, 0.15) is 5.69 Å². The number of hydrogen-bond acceptors (Lipinski definition) is 6. The number of nitrogens with one attached hydrogen (secondary N) is 2. The minimum atomic E-state index is -0.253. The number of piperidine rings is 2. The number of fused-ring (bicyclic) bond motifs is 3. The van der Waals surface area contributed by atoms with Crippen LogP contribution in [0.3, 0.4) is 0 Å². The van der Waals surface area contributed by atoms with Crippen molar-refractivity contribution in [3.63, 3.8) is 0 Å². The van der Waals surface area contributed by atoms with Crippen LogP contribution in [0.5, 0.6) is 11.5 Å². The van der Waals surface area contributed by atoms with E-state index < -0.39 is 0 Å². The Hall–Kier alpha value is -4.40. The highest BCUT2D eigenvalue weighted by molar-refractivity contribution is 6.14. The lowest BCUT2D eigenvalue weighted by molar-refractivity contribution is 0.0896. The molecule has 0 bridgehead atoms. The highest BCUT2D eigenvalue weighted by atomic mass is 16.5. The van der Waals surface area contributed by atoms with Crippen LogP contribution in [0.2, 0.25) is 0 Å². The maximum Gasteiger partial charge on any atom is 0.274 e. The number of hydrogen-bond donors (Lipinski definition) is 2. The fraction of sp³-hybridized carbons (Fsp3) is 0.351. The molecule has 5 aromatic rings. The topological polar surface area (TPSA) is 82.7 Å². The van der Waals surface area contributed by atoms with Crippen molar-refractivity contribution >= 4 is 33.4 Å². The van der Waals surface area contributed by atoms with E-state index in [1.807, 2.05) is 54.6 Å². The number of amides is 1. The number of H-pyrrole nitrogens is 1. The maximum atomic E-state index is 13.6. The molecule has 4 heterocycles. The Labute approximate surface area is 264 Å². The number of para-hydroxylation sites is 1. The quantitative estimate of drug-likeness (QED) is 0.197. The normalized spacial score (nSPS) is 16.7. The van der Waals surface area contributed by atoms with Gasteiger partial charge in [0.25, 0.3) is 5.91 Å². The van der Waals surface area contributed by atoms with Gasteiger partial charge in [-0.25, -0.2) is 4.98 Å². The van der Waals surface area contributed by atoms with Crippen LogP contribution in [0.4, 0.5) is 5.69 Å². The molecule has 1 amide bonds. The van der Waals surface area contributed by atoms with Crippen LogP contribution in [-0.4, -0.2) is 72.1 Å². The Morgan fingerprint density at radius 1 is 0.867 bits per heavy atom. The Morgan fingerprint density at radius 2 is 1.62 bits per heavy atom. The molecule has 8 nitrogen and oxygen atoms in total. The molecule has 2 N–H and O–H groups in total. The summed E-state index contributed by atoms with van der Waals surface area (Å²) in [6, 6.07) is 24.6. The van der Waals surface area contributed by atoms with Gasteiger partial charge in [-0.1, -0.05) is 36.8 Å². The molecule has 7 rings (SSSR count). The number of rotatable bonds is 8. The minimum absolute atomic E-state index is 0.253. The van der Waals surface area contributed by atoms with Gasteiger partial charge < -0.3 is 24.7 Å². The van der Waals surface area contributed by atoms with Crippen molar-refractivity contribution in [2.75, 3.05) is 45.7 Å². The fourth-order valence-electron chi connectivity index (χ4n) is 7.03. The Kier molecular flexibility index (Phi) is 8.41. The Bertz CT molecular complexity index is 1800. The van der Waals surface area contributed by atoms with E-state index in [1.54, 1.807) is 14.2 Å². The smallest absolute Gasteiger partial charge is 0.274 e. The summed E-state index contributed by atoms with van der Waals surface area (Å²) in [4.78, 5) is 27.3. The van der Waals surface area contributed by atoms with E-state index >= 15 is 0 Å². The zero-order valence-electron chi connectivity index (χ0n) is 26.1. The van der Waals surface area contributed by atoms with Crippen LogP contribution in [0.1, 0.15) is 48.2 Å². The molecule has 8 heteroatoms. The first-order valence-electron chi connectivity index (χ1n) is 16.1. The second kappa shape index (κ2) is 12.9. The number of nitrogens with zero attached hydrogens (tertiary/aromatic N) is 3. The van der Waals surface area contributed by atoms with Crippen LogP contribution < -0.4 is 14.8 Å². The molecule has 45 heavy (non-hydrogen) atoms. The van der Waals surface area contributed by atoms with Crippen molar-refractivity contribution in [1.29, 1.82) is 0 Å². The average Bonchev–Trinajstić information content (AvgIpc) is 3.48. The van der Waals surface area contributed by atoms with Crippen molar-refractivity contribution in [2.24, 2.45) is 0 Å². The van der Waals surface area contributed by atoms with E-state index in [0.717, 1.165) is 58.7 Å². The van der Waals surface area contributed by atoms with E-state index in [4.69, 9.17) is 14.5 Å². The fourth-order valence-corrected chi connectivity index (χ4v) is 7.03. The molecule has 0 saturated carbocycles. The number of methoxy groups -OCH3 is 2. The molecule has 2 aromatic heterocycles. The summed E-state index contributed by atoms with van der Waals surface area (Å²) in [5, 5.41) is 5.06. The van der Waals surface area contributed by atoms with Crippen LogP contribution in [-0.2, 0) is 6.54 Å². The lowest BCUT2D eigenvalue weighted by atomic mass is 9.99. The molecule has 2 aliphatic rings. The number of pyridine rings is 1. The van der Waals surface area contributed by atoms with Gasteiger partial charge in [0, 0.05) is 40.1 Å². The molecular formula is C37H41N5O3. The molecule has 0 atom stereocenters. The van der Waals surface area contributed by atoms with Crippen molar-refractivity contribution in [3.05, 3.63) is 84.1 Å². The van der Waals surface area contributed by atoms with Crippen LogP contribution in [0.25, 0.3) is 33.1 Å². The predicted molar refractivity (Wildman–Crippen MR) is 180 cm³/mol. The number of anilines is 1. The summed E-state index contributed by atoms with van der Waals surface area (Å²) >= 11 is 0. The third-order valence-corrected chi connectivity index (χ3v) is 9.47. The number of ether oxygens (including phenoxy) is 2. The predicted octanol–water partition coefficient (Wildman–Crippen LogP) is 7.10. The zero-order valence-corrected chi connectivity index (χ0v) is 26.1. The van der Waals surface area contributed by atoms with E-state index in [-0.39, 0.29) is 5.91 Å². The second-order valence-corrected chi connectivity index (χ2v) is 12.3. The largest absolute Gasteiger partial charge is 0.493 e.